The Balaban J connectivity index is 1.05. The van der Waals surface area contributed by atoms with Crippen LogP contribution < -0.4 is 0 Å². The van der Waals surface area contributed by atoms with Gasteiger partial charge in [0.15, 0.2) is 11.6 Å². The number of fused-ring (bicyclic) bond motifs is 9. The number of benzene rings is 9. The van der Waals surface area contributed by atoms with E-state index < -0.39 is 0 Å². The smallest absolute Gasteiger partial charge is 0.175 e. The zero-order valence-corrected chi connectivity index (χ0v) is 36.3. The second-order valence-electron chi connectivity index (χ2n) is 20.0. The molecule has 2 heterocycles. The third-order valence-electron chi connectivity index (χ3n) is 16.8. The normalized spacial score (nSPS) is 19.8. The molecule has 0 aliphatic heterocycles. The van der Waals surface area contributed by atoms with Gasteiger partial charge in [0.05, 0.1) is 28.4 Å². The molecular weight excluding hydrogens is 803 g/mol. The molecule has 3 heteroatoms. The highest BCUT2D eigenvalue weighted by atomic mass is 16.1. The largest absolute Gasteiger partial charge is 0.308 e. The van der Waals surface area contributed by atoms with E-state index in [4.69, 9.17) is 0 Å². The molecule has 0 amide bonds. The molecule has 0 radical (unpaired) electrons. The van der Waals surface area contributed by atoms with Crippen molar-refractivity contribution in [3.05, 3.63) is 254 Å². The van der Waals surface area contributed by atoms with Crippen LogP contribution in [0.5, 0.6) is 0 Å². The SMILES string of the molecule is CC1(C)c2ccccc2-c2c(-c3cc4c5cc6c(cc5n5c7cc8c(cc7c(c3)c45)C3c4ccccc4C(C8=O)c4ccccc43)C(=O)C3c4ccccc4C6c4ccccc43)cccc21. The third kappa shape index (κ3) is 4.05. The van der Waals surface area contributed by atoms with Crippen molar-refractivity contribution in [2.24, 2.45) is 0 Å². The number of hydrogen-bond acceptors (Lipinski definition) is 2. The maximum Gasteiger partial charge on any atom is 0.175 e. The zero-order valence-electron chi connectivity index (χ0n) is 36.3. The fourth-order valence-corrected chi connectivity index (χ4v) is 14.1. The van der Waals surface area contributed by atoms with Crippen LogP contribution in [0, 0.1) is 0 Å². The molecule has 9 aromatic carbocycles. The van der Waals surface area contributed by atoms with Crippen molar-refractivity contribution >= 4 is 49.7 Å². The minimum atomic E-state index is -0.371. The number of Topliss-reactive ketones (excluding diaryl/α,β-unsaturated/α-hetero) is 2. The summed E-state index contributed by atoms with van der Waals surface area (Å²) in [4.78, 5) is 30.7. The summed E-state index contributed by atoms with van der Waals surface area (Å²) in [6.45, 7) is 4.70. The Morgan fingerprint density at radius 2 is 0.758 bits per heavy atom. The van der Waals surface area contributed by atoms with Crippen LogP contribution in [0.2, 0.25) is 0 Å². The lowest BCUT2D eigenvalue weighted by atomic mass is 9.72. The lowest BCUT2D eigenvalue weighted by molar-refractivity contribution is 0.0966. The van der Waals surface area contributed by atoms with Gasteiger partial charge in [0, 0.05) is 49.9 Å². The standard InChI is InChI=1S/C63H39NO2/c1-63(2)51-24-12-11-22-42(51)57-33(23-13-25-52(57)63)32-26-47-43-28-45-49(61(65)58-38-18-7-3-14-34(38)55(45)35-15-4-8-19-39(35)58)30-53(43)64-54-31-50-46(29-44(54)48(27-32)60(47)64)56-36-16-5-9-20-40(36)59(62(50)66)41-21-10-6-17-37(41)56/h3-31,55-56,58-59H,1-2H3. The van der Waals surface area contributed by atoms with Gasteiger partial charge in [-0.25, -0.2) is 0 Å². The molecule has 7 aliphatic carbocycles. The molecule has 0 spiro atoms. The highest BCUT2D eigenvalue weighted by molar-refractivity contribution is 6.27. The first-order chi connectivity index (χ1) is 32.4. The molecule has 3 nitrogen and oxygen atoms in total. The molecule has 2 aromatic heterocycles. The first kappa shape index (κ1) is 35.5. The Morgan fingerprint density at radius 1 is 0.364 bits per heavy atom. The topological polar surface area (TPSA) is 38.5 Å². The van der Waals surface area contributed by atoms with E-state index in [1.54, 1.807) is 0 Å². The maximum absolute atomic E-state index is 15.4. The summed E-state index contributed by atoms with van der Waals surface area (Å²) >= 11 is 0. The van der Waals surface area contributed by atoms with Gasteiger partial charge in [-0.05, 0) is 125 Å². The van der Waals surface area contributed by atoms with Gasteiger partial charge in [0.25, 0.3) is 0 Å². The van der Waals surface area contributed by atoms with Gasteiger partial charge >= 0.3 is 0 Å². The van der Waals surface area contributed by atoms with E-state index in [1.807, 2.05) is 0 Å². The Kier molecular flexibility index (Phi) is 6.38. The zero-order chi connectivity index (χ0) is 43.5. The van der Waals surface area contributed by atoms with Crippen LogP contribution in [0.15, 0.2) is 176 Å². The number of aromatic nitrogens is 1. The Morgan fingerprint density at radius 3 is 1.23 bits per heavy atom. The van der Waals surface area contributed by atoms with Gasteiger partial charge < -0.3 is 4.40 Å². The molecular formula is C63H39NO2. The van der Waals surface area contributed by atoms with Gasteiger partial charge in [-0.15, -0.1) is 0 Å². The fraction of sp³-hybridized carbons (Fsp3) is 0.111. The first-order valence-electron chi connectivity index (χ1n) is 23.4. The van der Waals surface area contributed by atoms with E-state index >= 15 is 9.59 Å². The summed E-state index contributed by atoms with van der Waals surface area (Å²) in [6, 6.07) is 64.1. The summed E-state index contributed by atoms with van der Waals surface area (Å²) in [6.07, 6.45) is 0. The summed E-state index contributed by atoms with van der Waals surface area (Å²) in [5.74, 6) is -0.588. The molecule has 7 aliphatic rings. The molecule has 0 unspecified atom stereocenters. The van der Waals surface area contributed by atoms with Crippen LogP contribution in [0.4, 0.5) is 0 Å². The van der Waals surface area contributed by atoms with Gasteiger partial charge in [0.2, 0.25) is 0 Å². The average Bonchev–Trinajstić information content (AvgIpc) is 3.82. The first-order valence-corrected chi connectivity index (χ1v) is 23.4. The van der Waals surface area contributed by atoms with Gasteiger partial charge in [0.1, 0.15) is 0 Å². The Bertz CT molecular complexity index is 3800. The van der Waals surface area contributed by atoms with Crippen molar-refractivity contribution in [3.63, 3.8) is 0 Å². The molecule has 18 rings (SSSR count). The molecule has 0 N–H and O–H groups in total. The van der Waals surface area contributed by atoms with Crippen LogP contribution >= 0.6 is 0 Å². The lowest BCUT2D eigenvalue weighted by Gasteiger charge is -2.30. The molecule has 308 valence electrons. The van der Waals surface area contributed by atoms with Crippen molar-refractivity contribution in [1.29, 1.82) is 0 Å². The predicted molar refractivity (Wildman–Crippen MR) is 264 cm³/mol. The highest BCUT2D eigenvalue weighted by Crippen LogP contribution is 2.57. The van der Waals surface area contributed by atoms with E-state index in [0.717, 1.165) is 82.6 Å². The second-order valence-corrected chi connectivity index (χ2v) is 20.0. The van der Waals surface area contributed by atoms with E-state index in [2.05, 4.69) is 194 Å². The van der Waals surface area contributed by atoms with Gasteiger partial charge in [-0.1, -0.05) is 153 Å². The van der Waals surface area contributed by atoms with E-state index in [1.165, 1.54) is 55.6 Å². The molecule has 4 bridgehead atoms. The van der Waals surface area contributed by atoms with Gasteiger partial charge in [-0.2, -0.15) is 0 Å². The van der Waals surface area contributed by atoms with Crippen molar-refractivity contribution in [2.45, 2.75) is 42.9 Å². The molecule has 0 saturated carbocycles. The Hall–Kier alpha value is -7.88. The molecule has 0 fully saturated rings. The minimum absolute atomic E-state index is 0.0703. The molecule has 0 saturated heterocycles. The van der Waals surface area contributed by atoms with E-state index in [9.17, 15) is 0 Å². The van der Waals surface area contributed by atoms with Gasteiger partial charge in [-0.3, -0.25) is 9.59 Å². The number of rotatable bonds is 1. The van der Waals surface area contributed by atoms with Crippen molar-refractivity contribution in [3.8, 4) is 22.3 Å². The molecule has 11 aromatic rings. The number of carbonyl (C=O) groups is 2. The fourth-order valence-electron chi connectivity index (χ4n) is 14.1. The maximum atomic E-state index is 15.4. The minimum Gasteiger partial charge on any atom is -0.308 e. The van der Waals surface area contributed by atoms with Crippen molar-refractivity contribution in [1.82, 2.24) is 4.40 Å². The van der Waals surface area contributed by atoms with Crippen LogP contribution in [0.1, 0.15) is 125 Å². The second kappa shape index (κ2) is 11.9. The van der Waals surface area contributed by atoms with Crippen molar-refractivity contribution < 1.29 is 9.59 Å². The number of nitrogens with zero attached hydrogens (tertiary/aromatic N) is 1. The molecule has 0 atom stereocenters. The van der Waals surface area contributed by atoms with Crippen molar-refractivity contribution in [2.75, 3.05) is 0 Å². The number of carbonyl (C=O) groups excluding carboxylic acids is 2. The Labute approximate surface area is 380 Å². The van der Waals surface area contributed by atoms with E-state index in [-0.39, 0.29) is 40.7 Å². The number of hydrogen-bond donors (Lipinski definition) is 0. The third-order valence-corrected chi connectivity index (χ3v) is 16.8. The van der Waals surface area contributed by atoms with E-state index in [0.29, 0.717) is 0 Å². The quantitative estimate of drug-likeness (QED) is 0.165. The van der Waals surface area contributed by atoms with Crippen LogP contribution in [0.25, 0.3) is 60.3 Å². The summed E-state index contributed by atoms with van der Waals surface area (Å²) in [5, 5.41) is 4.57. The lowest BCUT2D eigenvalue weighted by Crippen LogP contribution is -2.19. The van der Waals surface area contributed by atoms with Crippen LogP contribution in [-0.4, -0.2) is 16.0 Å². The highest BCUT2D eigenvalue weighted by Gasteiger charge is 2.45. The monoisotopic (exact) mass is 841 g/mol. The predicted octanol–water partition coefficient (Wildman–Crippen LogP) is 14.5. The number of ketones is 2. The summed E-state index contributed by atoms with van der Waals surface area (Å²) < 4.78 is 2.40. The average molecular weight is 842 g/mol. The molecule has 66 heavy (non-hydrogen) atoms. The van der Waals surface area contributed by atoms with Crippen LogP contribution in [0.3, 0.4) is 0 Å². The summed E-state index contributed by atoms with van der Waals surface area (Å²) in [5.41, 5.74) is 23.7. The summed E-state index contributed by atoms with van der Waals surface area (Å²) in [7, 11) is 0. The van der Waals surface area contributed by atoms with Crippen LogP contribution in [-0.2, 0) is 5.41 Å².